The molecule has 2 saturated heterocycles. The highest BCUT2D eigenvalue weighted by molar-refractivity contribution is 5.79. The van der Waals surface area contributed by atoms with Crippen molar-refractivity contribution in [3.8, 4) is 11.5 Å². The van der Waals surface area contributed by atoms with Crippen LogP contribution < -0.4 is 9.47 Å². The van der Waals surface area contributed by atoms with E-state index in [1.165, 1.54) is 12.1 Å². The standard InChI is InChI=1S/C20H21FN2O3/c21-18-5-1-2-6-19(18)25-13-20(24)23-14-7-8-15(23)11-17(10-14)26-16-4-3-9-22-12-16/h1-6,9,12,14-15,17H,7-8,10-11,13H2. The van der Waals surface area contributed by atoms with Crippen molar-refractivity contribution in [3.63, 3.8) is 0 Å². The molecule has 0 spiro atoms. The van der Waals surface area contributed by atoms with E-state index in [0.29, 0.717) is 0 Å². The summed E-state index contributed by atoms with van der Waals surface area (Å²) >= 11 is 0. The van der Waals surface area contributed by atoms with Crippen LogP contribution in [0.5, 0.6) is 11.5 Å². The average molecular weight is 356 g/mol. The van der Waals surface area contributed by atoms with E-state index in [2.05, 4.69) is 4.98 Å². The maximum atomic E-state index is 13.6. The molecule has 2 bridgehead atoms. The molecule has 0 N–H and O–H groups in total. The molecule has 2 aliphatic heterocycles. The molecular formula is C20H21FN2O3. The van der Waals surface area contributed by atoms with Crippen molar-refractivity contribution < 1.29 is 18.7 Å². The minimum Gasteiger partial charge on any atom is -0.489 e. The van der Waals surface area contributed by atoms with Crippen LogP contribution in [0.2, 0.25) is 0 Å². The molecule has 3 heterocycles. The highest BCUT2D eigenvalue weighted by atomic mass is 19.1. The summed E-state index contributed by atoms with van der Waals surface area (Å²) in [6.45, 7) is -0.137. The first kappa shape index (κ1) is 16.8. The van der Waals surface area contributed by atoms with Crippen LogP contribution in [0.3, 0.4) is 0 Å². The Balaban J connectivity index is 1.35. The Kier molecular flexibility index (Phi) is 4.73. The Bertz CT molecular complexity index is 757. The van der Waals surface area contributed by atoms with Gasteiger partial charge in [-0.15, -0.1) is 0 Å². The van der Waals surface area contributed by atoms with Crippen molar-refractivity contribution in [2.75, 3.05) is 6.61 Å². The summed E-state index contributed by atoms with van der Waals surface area (Å²) in [5, 5.41) is 0. The number of hydrogen-bond acceptors (Lipinski definition) is 4. The molecular weight excluding hydrogens is 335 g/mol. The van der Waals surface area contributed by atoms with Crippen molar-refractivity contribution in [1.29, 1.82) is 0 Å². The van der Waals surface area contributed by atoms with Crippen molar-refractivity contribution in [1.82, 2.24) is 9.88 Å². The largest absolute Gasteiger partial charge is 0.489 e. The lowest BCUT2D eigenvalue weighted by Gasteiger charge is -2.38. The first-order valence-electron chi connectivity index (χ1n) is 8.96. The molecule has 0 aliphatic carbocycles. The van der Waals surface area contributed by atoms with Crippen LogP contribution in [0.4, 0.5) is 4.39 Å². The molecule has 4 rings (SSSR count). The minimum atomic E-state index is -0.452. The monoisotopic (exact) mass is 356 g/mol. The van der Waals surface area contributed by atoms with E-state index in [0.717, 1.165) is 31.4 Å². The van der Waals surface area contributed by atoms with Gasteiger partial charge < -0.3 is 14.4 Å². The van der Waals surface area contributed by atoms with Crippen LogP contribution in [-0.4, -0.2) is 40.6 Å². The summed E-state index contributed by atoms with van der Waals surface area (Å²) in [6, 6.07) is 10.2. The Morgan fingerprint density at radius 3 is 2.62 bits per heavy atom. The first-order valence-corrected chi connectivity index (χ1v) is 8.96. The van der Waals surface area contributed by atoms with Gasteiger partial charge in [0.15, 0.2) is 18.2 Å². The molecule has 6 heteroatoms. The fraction of sp³-hybridized carbons (Fsp3) is 0.400. The fourth-order valence-corrected chi connectivity index (χ4v) is 4.02. The number of pyridine rings is 1. The second kappa shape index (κ2) is 7.32. The Morgan fingerprint density at radius 2 is 1.92 bits per heavy atom. The van der Waals surface area contributed by atoms with E-state index in [9.17, 15) is 9.18 Å². The predicted octanol–water partition coefficient (Wildman–Crippen LogP) is 3.20. The van der Waals surface area contributed by atoms with Gasteiger partial charge in [-0.25, -0.2) is 4.39 Å². The third kappa shape index (κ3) is 3.49. The highest BCUT2D eigenvalue weighted by Crippen LogP contribution is 2.37. The normalized spacial score (nSPS) is 24.3. The van der Waals surface area contributed by atoms with Crippen molar-refractivity contribution in [2.45, 2.75) is 43.9 Å². The average Bonchev–Trinajstić information content (AvgIpc) is 2.93. The van der Waals surface area contributed by atoms with Gasteiger partial charge in [-0.05, 0) is 37.1 Å². The molecule has 136 valence electrons. The quantitative estimate of drug-likeness (QED) is 0.826. The summed E-state index contributed by atoms with van der Waals surface area (Å²) in [5.74, 6) is 0.343. The van der Waals surface area contributed by atoms with Crippen molar-refractivity contribution >= 4 is 5.91 Å². The third-order valence-electron chi connectivity index (χ3n) is 5.10. The highest BCUT2D eigenvalue weighted by Gasteiger charge is 2.44. The smallest absolute Gasteiger partial charge is 0.261 e. The number of carbonyl (C=O) groups is 1. The lowest BCUT2D eigenvalue weighted by atomic mass is 9.99. The number of hydrogen-bond donors (Lipinski definition) is 0. The Labute approximate surface area is 151 Å². The van der Waals surface area contributed by atoms with E-state index >= 15 is 0 Å². The summed E-state index contributed by atoms with van der Waals surface area (Å²) in [4.78, 5) is 18.6. The molecule has 1 aromatic carbocycles. The number of fused-ring (bicyclic) bond motifs is 2. The molecule has 2 unspecified atom stereocenters. The van der Waals surface area contributed by atoms with Crippen LogP contribution >= 0.6 is 0 Å². The molecule has 2 atom stereocenters. The van der Waals surface area contributed by atoms with E-state index in [1.54, 1.807) is 24.5 Å². The number of amides is 1. The van der Waals surface area contributed by atoms with E-state index in [4.69, 9.17) is 9.47 Å². The molecule has 5 nitrogen and oxygen atoms in total. The number of carbonyl (C=O) groups excluding carboxylic acids is 1. The summed E-state index contributed by atoms with van der Waals surface area (Å²) in [6.07, 6.45) is 7.07. The number of para-hydroxylation sites is 1. The van der Waals surface area contributed by atoms with Gasteiger partial charge in [-0.2, -0.15) is 0 Å². The van der Waals surface area contributed by atoms with Gasteiger partial charge in [0, 0.05) is 31.1 Å². The van der Waals surface area contributed by atoms with Crippen LogP contribution in [-0.2, 0) is 4.79 Å². The van der Waals surface area contributed by atoms with Gasteiger partial charge in [0.25, 0.3) is 5.91 Å². The molecule has 1 amide bonds. The first-order chi connectivity index (χ1) is 12.7. The zero-order chi connectivity index (χ0) is 17.9. The molecule has 2 fully saturated rings. The molecule has 2 aromatic rings. The molecule has 2 aliphatic rings. The van der Waals surface area contributed by atoms with E-state index in [-0.39, 0.29) is 36.5 Å². The second-order valence-electron chi connectivity index (χ2n) is 6.81. The lowest BCUT2D eigenvalue weighted by molar-refractivity contribution is -0.139. The zero-order valence-electron chi connectivity index (χ0n) is 14.4. The van der Waals surface area contributed by atoms with Crippen molar-refractivity contribution in [3.05, 3.63) is 54.6 Å². The zero-order valence-corrected chi connectivity index (χ0v) is 14.4. The summed E-state index contributed by atoms with van der Waals surface area (Å²) < 4.78 is 25.1. The van der Waals surface area contributed by atoms with Gasteiger partial charge in [0.2, 0.25) is 0 Å². The van der Waals surface area contributed by atoms with Crippen molar-refractivity contribution in [2.24, 2.45) is 0 Å². The Morgan fingerprint density at radius 1 is 1.15 bits per heavy atom. The van der Waals surface area contributed by atoms with Gasteiger partial charge in [-0.3, -0.25) is 9.78 Å². The number of aromatic nitrogens is 1. The number of nitrogens with zero attached hydrogens (tertiary/aromatic N) is 2. The van der Waals surface area contributed by atoms with Gasteiger partial charge >= 0.3 is 0 Å². The Hall–Kier alpha value is -2.63. The predicted molar refractivity (Wildman–Crippen MR) is 93.4 cm³/mol. The lowest BCUT2D eigenvalue weighted by Crippen LogP contribution is -2.50. The van der Waals surface area contributed by atoms with Crippen LogP contribution in [0.25, 0.3) is 0 Å². The fourth-order valence-electron chi connectivity index (χ4n) is 4.02. The maximum absolute atomic E-state index is 13.6. The summed E-state index contributed by atoms with van der Waals surface area (Å²) in [5.41, 5.74) is 0. The van der Waals surface area contributed by atoms with Crippen LogP contribution in [0.15, 0.2) is 48.8 Å². The van der Waals surface area contributed by atoms with Gasteiger partial charge in [0.1, 0.15) is 11.9 Å². The topological polar surface area (TPSA) is 51.7 Å². The van der Waals surface area contributed by atoms with Crippen LogP contribution in [0.1, 0.15) is 25.7 Å². The van der Waals surface area contributed by atoms with Gasteiger partial charge in [0.05, 0.1) is 6.20 Å². The SMILES string of the molecule is O=C(COc1ccccc1F)N1C2CCC1CC(Oc1cccnc1)C2. The molecule has 0 saturated carbocycles. The summed E-state index contributed by atoms with van der Waals surface area (Å²) in [7, 11) is 0. The minimum absolute atomic E-state index is 0.0828. The number of halogens is 1. The number of piperidine rings is 1. The van der Waals surface area contributed by atoms with Gasteiger partial charge in [-0.1, -0.05) is 12.1 Å². The number of ether oxygens (including phenoxy) is 2. The van der Waals surface area contributed by atoms with E-state index in [1.807, 2.05) is 17.0 Å². The maximum Gasteiger partial charge on any atom is 0.261 e. The van der Waals surface area contributed by atoms with Crippen LogP contribution in [0, 0.1) is 5.82 Å². The molecule has 26 heavy (non-hydrogen) atoms. The number of benzene rings is 1. The molecule has 0 radical (unpaired) electrons. The van der Waals surface area contributed by atoms with E-state index < -0.39 is 5.82 Å². The second-order valence-corrected chi connectivity index (χ2v) is 6.81. The molecule has 1 aromatic heterocycles. The third-order valence-corrected chi connectivity index (χ3v) is 5.10. The number of rotatable bonds is 5.